The molecule has 1 aliphatic rings. The predicted molar refractivity (Wildman–Crippen MR) is 101 cm³/mol. The third-order valence-corrected chi connectivity index (χ3v) is 3.67. The Labute approximate surface area is 179 Å². The van der Waals surface area contributed by atoms with Crippen LogP contribution in [0.15, 0.2) is 0 Å². The fourth-order valence-electron chi connectivity index (χ4n) is 2.76. The number of alkyl carbamates (subject to hydrolysis) is 1. The number of esters is 4. The average Bonchev–Trinajstić information content (AvgIpc) is 2.55. The molecule has 1 heterocycles. The van der Waals surface area contributed by atoms with E-state index < -0.39 is 72.8 Å². The van der Waals surface area contributed by atoms with Crippen LogP contribution in [0.25, 0.3) is 0 Å². The van der Waals surface area contributed by atoms with Crippen LogP contribution in [0.4, 0.5) is 4.79 Å². The summed E-state index contributed by atoms with van der Waals surface area (Å²) in [6.07, 6.45) is -6.21. The summed E-state index contributed by atoms with van der Waals surface area (Å²) < 4.78 is 31.5. The van der Waals surface area contributed by atoms with Gasteiger partial charge in [-0.25, -0.2) is 4.79 Å². The number of nitrogens with one attached hydrogen (secondary N) is 1. The highest BCUT2D eigenvalue weighted by molar-refractivity contribution is 5.70. The quantitative estimate of drug-likeness (QED) is 0.450. The lowest BCUT2D eigenvalue weighted by Crippen LogP contribution is -2.67. The zero-order valence-electron chi connectivity index (χ0n) is 18.6. The molecule has 1 aliphatic heterocycles. The van der Waals surface area contributed by atoms with Gasteiger partial charge in [0.2, 0.25) is 6.29 Å². The number of carbonyl (C=O) groups excluding carboxylic acids is 5. The van der Waals surface area contributed by atoms with E-state index in [-0.39, 0.29) is 0 Å². The van der Waals surface area contributed by atoms with E-state index in [1.54, 1.807) is 20.8 Å². The molecule has 1 amide bonds. The Morgan fingerprint density at radius 1 is 0.806 bits per heavy atom. The summed E-state index contributed by atoms with van der Waals surface area (Å²) in [7, 11) is 0. The van der Waals surface area contributed by atoms with Crippen LogP contribution in [-0.4, -0.2) is 72.8 Å². The second-order valence-corrected chi connectivity index (χ2v) is 7.78. The van der Waals surface area contributed by atoms with E-state index in [9.17, 15) is 24.0 Å². The first-order chi connectivity index (χ1) is 14.2. The Kier molecular flexibility index (Phi) is 9.22. The van der Waals surface area contributed by atoms with E-state index in [2.05, 4.69) is 5.32 Å². The van der Waals surface area contributed by atoms with Crippen molar-refractivity contribution in [2.24, 2.45) is 0 Å². The van der Waals surface area contributed by atoms with Crippen molar-refractivity contribution < 1.29 is 52.4 Å². The Hall–Kier alpha value is -2.89. The van der Waals surface area contributed by atoms with Gasteiger partial charge in [0.15, 0.2) is 12.2 Å². The molecule has 1 fully saturated rings. The number of hydrogen-bond acceptors (Lipinski definition) is 11. The molecule has 12 heteroatoms. The molecular weight excluding hydrogens is 418 g/mol. The van der Waals surface area contributed by atoms with Crippen LogP contribution < -0.4 is 5.32 Å². The molecule has 1 N–H and O–H groups in total. The minimum absolute atomic E-state index is 0.401. The topological polar surface area (TPSA) is 153 Å². The van der Waals surface area contributed by atoms with E-state index in [0.29, 0.717) is 0 Å². The lowest BCUT2D eigenvalue weighted by atomic mass is 9.96. The van der Waals surface area contributed by atoms with Crippen molar-refractivity contribution in [1.82, 2.24) is 5.32 Å². The van der Waals surface area contributed by atoms with Crippen LogP contribution in [0.1, 0.15) is 48.5 Å². The van der Waals surface area contributed by atoms with E-state index >= 15 is 0 Å². The van der Waals surface area contributed by atoms with E-state index in [1.807, 2.05) is 0 Å². The van der Waals surface area contributed by atoms with Crippen molar-refractivity contribution in [2.45, 2.75) is 84.7 Å². The molecule has 1 saturated heterocycles. The van der Waals surface area contributed by atoms with Crippen LogP contribution in [0.5, 0.6) is 0 Å². The summed E-state index contributed by atoms with van der Waals surface area (Å²) in [6, 6.07) is -1.31. The Balaban J connectivity index is 3.34. The molecule has 12 nitrogen and oxygen atoms in total. The van der Waals surface area contributed by atoms with Crippen molar-refractivity contribution in [2.75, 3.05) is 6.61 Å². The molecule has 176 valence electrons. The van der Waals surface area contributed by atoms with Crippen molar-refractivity contribution in [3.05, 3.63) is 0 Å². The second kappa shape index (κ2) is 10.9. The summed E-state index contributed by atoms with van der Waals surface area (Å²) in [5.74, 6) is -2.93. The predicted octanol–water partition coefficient (Wildman–Crippen LogP) is 0.594. The number of carbonyl (C=O) groups is 5. The Bertz CT molecular complexity index is 699. The minimum Gasteiger partial charge on any atom is -0.463 e. The van der Waals surface area contributed by atoms with Gasteiger partial charge in [-0.3, -0.25) is 19.2 Å². The molecule has 31 heavy (non-hydrogen) atoms. The summed E-state index contributed by atoms with van der Waals surface area (Å²) >= 11 is 0. The SMILES string of the molecule is CC(=O)OC[C@H]1O[C@H](OC(C)=O)[C@@H](NC(=O)OC(C)(C)C)[C@@H](OC(C)=O)[C@@H]1OC(C)=O. The van der Waals surface area contributed by atoms with Crippen molar-refractivity contribution in [1.29, 1.82) is 0 Å². The van der Waals surface area contributed by atoms with Crippen LogP contribution in [-0.2, 0) is 47.6 Å². The maximum Gasteiger partial charge on any atom is 0.408 e. The Morgan fingerprint density at radius 3 is 1.77 bits per heavy atom. The first-order valence-corrected chi connectivity index (χ1v) is 9.49. The molecule has 0 radical (unpaired) electrons. The van der Waals surface area contributed by atoms with Gasteiger partial charge < -0.3 is 33.7 Å². The number of amides is 1. The van der Waals surface area contributed by atoms with Gasteiger partial charge in [0.05, 0.1) is 0 Å². The molecular formula is C19H29NO11. The van der Waals surface area contributed by atoms with Gasteiger partial charge >= 0.3 is 30.0 Å². The largest absolute Gasteiger partial charge is 0.463 e. The third kappa shape index (κ3) is 9.20. The van der Waals surface area contributed by atoms with Gasteiger partial charge in [-0.2, -0.15) is 0 Å². The normalized spacial score (nSPS) is 25.6. The van der Waals surface area contributed by atoms with Gasteiger partial charge in [-0.15, -0.1) is 0 Å². The summed E-state index contributed by atoms with van der Waals surface area (Å²) in [5.41, 5.74) is -0.861. The summed E-state index contributed by atoms with van der Waals surface area (Å²) in [6.45, 7) is 8.98. The van der Waals surface area contributed by atoms with Gasteiger partial charge in [0.25, 0.3) is 0 Å². The van der Waals surface area contributed by atoms with Crippen molar-refractivity contribution >= 4 is 30.0 Å². The maximum absolute atomic E-state index is 12.4. The van der Waals surface area contributed by atoms with E-state index in [0.717, 1.165) is 27.7 Å². The molecule has 0 bridgehead atoms. The first kappa shape index (κ1) is 26.1. The smallest absolute Gasteiger partial charge is 0.408 e. The molecule has 5 atom stereocenters. The summed E-state index contributed by atoms with van der Waals surface area (Å²) in [4.78, 5) is 58.7. The fraction of sp³-hybridized carbons (Fsp3) is 0.737. The van der Waals surface area contributed by atoms with Gasteiger partial charge in [0.1, 0.15) is 24.4 Å². The highest BCUT2D eigenvalue weighted by atomic mass is 16.7. The zero-order chi connectivity index (χ0) is 23.9. The first-order valence-electron chi connectivity index (χ1n) is 9.49. The Morgan fingerprint density at radius 2 is 1.32 bits per heavy atom. The van der Waals surface area contributed by atoms with Gasteiger partial charge in [-0.05, 0) is 20.8 Å². The number of hydrogen-bond donors (Lipinski definition) is 1. The maximum atomic E-state index is 12.4. The second-order valence-electron chi connectivity index (χ2n) is 7.78. The standard InChI is InChI=1S/C19H29NO11/c1-9(21)26-8-13-15(27-10(2)22)16(28-11(3)23)14(17(30-13)29-12(4)24)20-18(25)31-19(5,6)7/h13-17H,8H2,1-7H3,(H,20,25)/t13-,14+,15-,16-,17+/m1/s1. The highest BCUT2D eigenvalue weighted by Gasteiger charge is 2.52. The zero-order valence-corrected chi connectivity index (χ0v) is 18.6. The van der Waals surface area contributed by atoms with Crippen LogP contribution in [0, 0.1) is 0 Å². The lowest BCUT2D eigenvalue weighted by Gasteiger charge is -2.44. The van der Waals surface area contributed by atoms with E-state index in [1.165, 1.54) is 0 Å². The number of rotatable bonds is 6. The highest BCUT2D eigenvalue weighted by Crippen LogP contribution is 2.28. The third-order valence-electron chi connectivity index (χ3n) is 3.67. The average molecular weight is 447 g/mol. The summed E-state index contributed by atoms with van der Waals surface area (Å²) in [5, 5.41) is 2.44. The van der Waals surface area contributed by atoms with Gasteiger partial charge in [-0.1, -0.05) is 0 Å². The van der Waals surface area contributed by atoms with Crippen LogP contribution in [0.3, 0.4) is 0 Å². The molecule has 0 unspecified atom stereocenters. The van der Waals surface area contributed by atoms with Crippen molar-refractivity contribution in [3.63, 3.8) is 0 Å². The molecule has 0 aromatic carbocycles. The molecule has 1 rings (SSSR count). The lowest BCUT2D eigenvalue weighted by molar-refractivity contribution is -0.270. The molecule has 0 aromatic rings. The van der Waals surface area contributed by atoms with Crippen LogP contribution >= 0.6 is 0 Å². The van der Waals surface area contributed by atoms with Gasteiger partial charge in [0, 0.05) is 27.7 Å². The number of ether oxygens (including phenoxy) is 6. The fourth-order valence-corrected chi connectivity index (χ4v) is 2.76. The molecule has 0 aliphatic carbocycles. The minimum atomic E-state index is -1.47. The molecule has 0 saturated carbocycles. The monoisotopic (exact) mass is 447 g/mol. The van der Waals surface area contributed by atoms with Crippen molar-refractivity contribution in [3.8, 4) is 0 Å². The van der Waals surface area contributed by atoms with Crippen LogP contribution in [0.2, 0.25) is 0 Å². The van der Waals surface area contributed by atoms with E-state index in [4.69, 9.17) is 28.4 Å². The molecule has 0 aromatic heterocycles. The molecule has 0 spiro atoms.